The third kappa shape index (κ3) is 3.56. The topological polar surface area (TPSA) is 49.3 Å². The van der Waals surface area contributed by atoms with Crippen molar-refractivity contribution in [1.29, 1.82) is 0 Å². The molecule has 0 heterocycles. The van der Waals surface area contributed by atoms with Gasteiger partial charge in [0.1, 0.15) is 0 Å². The summed E-state index contributed by atoms with van der Waals surface area (Å²) in [6.45, 7) is 3.88. The molecule has 0 saturated carbocycles. The van der Waals surface area contributed by atoms with Gasteiger partial charge in [-0.1, -0.05) is 44.5 Å². The zero-order valence-corrected chi connectivity index (χ0v) is 10.7. The Balaban J connectivity index is 2.85. The quantitative estimate of drug-likeness (QED) is 0.797. The third-order valence-electron chi connectivity index (χ3n) is 3.08. The third-order valence-corrected chi connectivity index (χ3v) is 3.08. The monoisotopic (exact) mass is 235 g/mol. The Hall–Kier alpha value is -1.35. The molecule has 0 spiro atoms. The maximum absolute atomic E-state index is 11.0. The minimum Gasteiger partial charge on any atom is -0.481 e. The van der Waals surface area contributed by atoms with E-state index in [2.05, 4.69) is 24.4 Å². The molecule has 0 amide bonds. The number of benzene rings is 1. The molecule has 3 nitrogen and oxygen atoms in total. The Labute approximate surface area is 103 Å². The highest BCUT2D eigenvalue weighted by atomic mass is 16.4. The maximum Gasteiger partial charge on any atom is 0.308 e. The van der Waals surface area contributed by atoms with Crippen molar-refractivity contribution in [3.8, 4) is 0 Å². The van der Waals surface area contributed by atoms with Crippen LogP contribution < -0.4 is 5.32 Å². The van der Waals surface area contributed by atoms with Crippen molar-refractivity contribution in [3.05, 3.63) is 35.4 Å². The van der Waals surface area contributed by atoms with E-state index in [0.717, 1.165) is 18.4 Å². The number of hydrogen-bond donors (Lipinski definition) is 2. The van der Waals surface area contributed by atoms with Gasteiger partial charge in [0.25, 0.3) is 0 Å². The van der Waals surface area contributed by atoms with Crippen LogP contribution in [-0.4, -0.2) is 18.1 Å². The lowest BCUT2D eigenvalue weighted by molar-refractivity contribution is -0.142. The van der Waals surface area contributed by atoms with Crippen molar-refractivity contribution >= 4 is 5.97 Å². The van der Waals surface area contributed by atoms with Crippen LogP contribution in [0.1, 0.15) is 37.4 Å². The second-order valence-electron chi connectivity index (χ2n) is 4.38. The van der Waals surface area contributed by atoms with Crippen molar-refractivity contribution in [1.82, 2.24) is 5.32 Å². The highest BCUT2D eigenvalue weighted by molar-refractivity contribution is 5.70. The molecule has 3 heteroatoms. The van der Waals surface area contributed by atoms with Crippen LogP contribution in [0.25, 0.3) is 0 Å². The summed E-state index contributed by atoms with van der Waals surface area (Å²) in [5.41, 5.74) is 2.33. The van der Waals surface area contributed by atoms with Crippen molar-refractivity contribution in [2.75, 3.05) is 7.05 Å². The number of aliphatic carboxylic acids is 1. The molecule has 17 heavy (non-hydrogen) atoms. The number of carbonyl (C=O) groups is 1. The largest absolute Gasteiger partial charge is 0.481 e. The summed E-state index contributed by atoms with van der Waals surface area (Å²) in [7, 11) is 1.80. The summed E-state index contributed by atoms with van der Waals surface area (Å²) in [6, 6.07) is 8.07. The van der Waals surface area contributed by atoms with E-state index in [0.29, 0.717) is 0 Å². The first-order valence-corrected chi connectivity index (χ1v) is 6.09. The molecular formula is C14H21NO2. The fourth-order valence-electron chi connectivity index (χ4n) is 2.03. The van der Waals surface area contributed by atoms with Crippen molar-refractivity contribution < 1.29 is 9.90 Å². The first kappa shape index (κ1) is 13.7. The Bertz CT molecular complexity index is 359. The van der Waals surface area contributed by atoms with Crippen LogP contribution >= 0.6 is 0 Å². The molecule has 1 aromatic rings. The number of carboxylic acids is 1. The molecule has 0 aliphatic heterocycles. The van der Waals surface area contributed by atoms with E-state index in [9.17, 15) is 4.79 Å². The average Bonchev–Trinajstić information content (AvgIpc) is 2.32. The van der Waals surface area contributed by atoms with Gasteiger partial charge in [-0.3, -0.25) is 4.79 Å². The summed E-state index contributed by atoms with van der Waals surface area (Å²) < 4.78 is 0. The van der Waals surface area contributed by atoms with Gasteiger partial charge in [-0.25, -0.2) is 0 Å². The molecule has 0 fully saturated rings. The summed E-state index contributed by atoms with van der Waals surface area (Å²) in [5.74, 6) is -1.21. The van der Waals surface area contributed by atoms with Crippen LogP contribution in [0.3, 0.4) is 0 Å². The van der Waals surface area contributed by atoms with E-state index in [4.69, 9.17) is 5.11 Å². The lowest BCUT2D eigenvalue weighted by Crippen LogP contribution is -2.28. The van der Waals surface area contributed by atoms with E-state index in [1.807, 2.05) is 12.1 Å². The summed E-state index contributed by atoms with van der Waals surface area (Å²) in [4.78, 5) is 11.0. The maximum atomic E-state index is 11.0. The molecule has 0 aromatic heterocycles. The Morgan fingerprint density at radius 3 is 2.35 bits per heavy atom. The van der Waals surface area contributed by atoms with Crippen molar-refractivity contribution in [2.45, 2.75) is 32.7 Å². The molecule has 0 bridgehead atoms. The SMILES string of the molecule is CCCc1ccc(C(NC)C(C)C(=O)O)cc1. The molecule has 1 aromatic carbocycles. The van der Waals surface area contributed by atoms with E-state index < -0.39 is 11.9 Å². The minimum atomic E-state index is -0.776. The van der Waals surface area contributed by atoms with Crippen LogP contribution in [0, 0.1) is 5.92 Å². The molecule has 2 atom stereocenters. The van der Waals surface area contributed by atoms with E-state index in [-0.39, 0.29) is 6.04 Å². The molecule has 1 rings (SSSR count). The number of carboxylic acid groups (broad SMARTS) is 1. The van der Waals surface area contributed by atoms with Gasteiger partial charge < -0.3 is 10.4 Å². The first-order chi connectivity index (χ1) is 8.10. The van der Waals surface area contributed by atoms with Crippen LogP contribution in [0.15, 0.2) is 24.3 Å². The van der Waals surface area contributed by atoms with Crippen molar-refractivity contribution in [2.24, 2.45) is 5.92 Å². The molecule has 0 radical (unpaired) electrons. The van der Waals surface area contributed by atoms with Gasteiger partial charge in [0.2, 0.25) is 0 Å². The second-order valence-corrected chi connectivity index (χ2v) is 4.38. The zero-order chi connectivity index (χ0) is 12.8. The summed E-state index contributed by atoms with van der Waals surface area (Å²) in [5, 5.41) is 12.1. The number of nitrogens with one attached hydrogen (secondary N) is 1. The van der Waals surface area contributed by atoms with Gasteiger partial charge in [-0.2, -0.15) is 0 Å². The fourth-order valence-corrected chi connectivity index (χ4v) is 2.03. The molecule has 0 saturated heterocycles. The Kier molecular flexibility index (Phi) is 5.16. The fraction of sp³-hybridized carbons (Fsp3) is 0.500. The number of hydrogen-bond acceptors (Lipinski definition) is 2. The van der Waals surface area contributed by atoms with Crippen LogP contribution in [0.5, 0.6) is 0 Å². The van der Waals surface area contributed by atoms with Gasteiger partial charge in [-0.15, -0.1) is 0 Å². The standard InChI is InChI=1S/C14H21NO2/c1-4-5-11-6-8-12(9-7-11)13(15-3)10(2)14(16)17/h6-10,13,15H,4-5H2,1-3H3,(H,16,17). The molecule has 2 N–H and O–H groups in total. The highest BCUT2D eigenvalue weighted by Crippen LogP contribution is 2.22. The van der Waals surface area contributed by atoms with Gasteiger partial charge in [0.15, 0.2) is 0 Å². The summed E-state index contributed by atoms with van der Waals surface area (Å²) in [6.07, 6.45) is 2.19. The van der Waals surface area contributed by atoms with Gasteiger partial charge in [-0.05, 0) is 24.6 Å². The predicted molar refractivity (Wildman–Crippen MR) is 69.0 cm³/mol. The van der Waals surface area contributed by atoms with E-state index in [1.165, 1.54) is 5.56 Å². The average molecular weight is 235 g/mol. The Morgan fingerprint density at radius 2 is 1.94 bits per heavy atom. The van der Waals surface area contributed by atoms with Gasteiger partial charge in [0, 0.05) is 6.04 Å². The first-order valence-electron chi connectivity index (χ1n) is 6.09. The molecule has 0 aliphatic rings. The second kappa shape index (κ2) is 6.40. The highest BCUT2D eigenvalue weighted by Gasteiger charge is 2.23. The number of rotatable bonds is 6. The lowest BCUT2D eigenvalue weighted by Gasteiger charge is -2.21. The normalized spacial score (nSPS) is 14.3. The van der Waals surface area contributed by atoms with Crippen LogP contribution in [-0.2, 0) is 11.2 Å². The summed E-state index contributed by atoms with van der Waals surface area (Å²) >= 11 is 0. The molecule has 94 valence electrons. The molecule has 0 aliphatic carbocycles. The van der Waals surface area contributed by atoms with Gasteiger partial charge in [0.05, 0.1) is 5.92 Å². The molecule has 2 unspecified atom stereocenters. The van der Waals surface area contributed by atoms with Gasteiger partial charge >= 0.3 is 5.97 Å². The Morgan fingerprint density at radius 1 is 1.35 bits per heavy atom. The molecular weight excluding hydrogens is 214 g/mol. The number of aryl methyl sites for hydroxylation is 1. The van der Waals surface area contributed by atoms with Crippen LogP contribution in [0.4, 0.5) is 0 Å². The zero-order valence-electron chi connectivity index (χ0n) is 10.7. The van der Waals surface area contributed by atoms with Crippen molar-refractivity contribution in [3.63, 3.8) is 0 Å². The lowest BCUT2D eigenvalue weighted by atomic mass is 9.93. The van der Waals surface area contributed by atoms with E-state index in [1.54, 1.807) is 14.0 Å². The van der Waals surface area contributed by atoms with E-state index >= 15 is 0 Å². The van der Waals surface area contributed by atoms with Crippen LogP contribution in [0.2, 0.25) is 0 Å². The smallest absolute Gasteiger partial charge is 0.308 e. The minimum absolute atomic E-state index is 0.136. The predicted octanol–water partition coefficient (Wildman–Crippen LogP) is 2.62.